The lowest BCUT2D eigenvalue weighted by Crippen LogP contribution is -2.46. The van der Waals surface area contributed by atoms with Crippen molar-refractivity contribution in [2.45, 2.75) is 65.2 Å². The van der Waals surface area contributed by atoms with Gasteiger partial charge in [0.15, 0.2) is 0 Å². The van der Waals surface area contributed by atoms with Crippen LogP contribution in [-0.2, 0) is 66.8 Å². The standard InChI is InChI=1S/C38H50O14/c1-7-31(41)47-19-37(17-25(5)39,20-48-32(42)8-2)23-51-35(45)29-15-16-30(28-14-12-11-13-27(28)29)36(46)52-24-38(18-26(6)40,21-49-33(43)9-3)22-50-34(44)10-4/h7-10,27-30H,1-4,11-24H2,5-6H3. The largest absolute Gasteiger partial charge is 0.465 e. The Balaban J connectivity index is 2.26. The van der Waals surface area contributed by atoms with Crippen LogP contribution in [0.3, 0.4) is 0 Å². The average Bonchev–Trinajstić information content (AvgIpc) is 3.13. The maximum Gasteiger partial charge on any atom is 0.330 e. The van der Waals surface area contributed by atoms with Gasteiger partial charge in [-0.3, -0.25) is 9.59 Å². The van der Waals surface area contributed by atoms with Gasteiger partial charge in [0, 0.05) is 37.1 Å². The first-order valence-electron chi connectivity index (χ1n) is 17.1. The number of carbonyl (C=O) groups is 8. The number of carbonyl (C=O) groups excluding carboxylic acids is 8. The van der Waals surface area contributed by atoms with Gasteiger partial charge in [-0.1, -0.05) is 39.2 Å². The van der Waals surface area contributed by atoms with Crippen molar-refractivity contribution in [1.29, 1.82) is 0 Å². The number of esters is 6. The van der Waals surface area contributed by atoms with Crippen LogP contribution < -0.4 is 0 Å². The first-order chi connectivity index (χ1) is 24.6. The minimum Gasteiger partial charge on any atom is -0.465 e. The van der Waals surface area contributed by atoms with E-state index in [1.165, 1.54) is 13.8 Å². The van der Waals surface area contributed by atoms with E-state index in [-0.39, 0.29) is 49.1 Å². The number of ketones is 2. The number of rotatable bonds is 22. The second-order valence-electron chi connectivity index (χ2n) is 13.6. The molecule has 0 N–H and O–H groups in total. The quantitative estimate of drug-likeness (QED) is 0.0889. The van der Waals surface area contributed by atoms with Crippen molar-refractivity contribution < 1.29 is 66.8 Å². The van der Waals surface area contributed by atoms with Crippen molar-refractivity contribution in [2.75, 3.05) is 39.6 Å². The first-order valence-corrected chi connectivity index (χ1v) is 17.1. The van der Waals surface area contributed by atoms with Gasteiger partial charge in [0.05, 0.1) is 22.7 Å². The van der Waals surface area contributed by atoms with E-state index in [0.717, 1.165) is 37.1 Å². The summed E-state index contributed by atoms with van der Waals surface area (Å²) in [5.74, 6) is -6.55. The van der Waals surface area contributed by atoms with Crippen LogP contribution in [0.2, 0.25) is 0 Å². The van der Waals surface area contributed by atoms with Crippen LogP contribution in [0.1, 0.15) is 65.2 Å². The normalized spacial score (nSPS) is 19.7. The number of fused-ring (bicyclic) bond motifs is 1. The Morgan fingerprint density at radius 2 is 0.750 bits per heavy atom. The van der Waals surface area contributed by atoms with Crippen LogP contribution in [0.25, 0.3) is 0 Å². The van der Waals surface area contributed by atoms with Gasteiger partial charge >= 0.3 is 35.8 Å². The molecular formula is C38H50O14. The minimum absolute atomic E-state index is 0.232. The lowest BCUT2D eigenvalue weighted by atomic mass is 9.61. The highest BCUT2D eigenvalue weighted by Crippen LogP contribution is 2.48. The van der Waals surface area contributed by atoms with Crippen LogP contribution >= 0.6 is 0 Å². The lowest BCUT2D eigenvalue weighted by molar-refractivity contribution is -0.174. The molecule has 2 aliphatic rings. The third-order valence-corrected chi connectivity index (χ3v) is 9.34. The molecule has 2 fully saturated rings. The molecule has 14 heteroatoms. The molecule has 0 amide bonds. The van der Waals surface area contributed by atoms with Crippen molar-refractivity contribution in [3.63, 3.8) is 0 Å². The van der Waals surface area contributed by atoms with E-state index in [0.29, 0.717) is 12.8 Å². The highest BCUT2D eigenvalue weighted by atomic mass is 16.6. The summed E-state index contributed by atoms with van der Waals surface area (Å²) in [6.07, 6.45) is 6.77. The molecule has 286 valence electrons. The van der Waals surface area contributed by atoms with E-state index >= 15 is 0 Å². The zero-order valence-corrected chi connectivity index (χ0v) is 30.1. The molecule has 52 heavy (non-hydrogen) atoms. The zero-order chi connectivity index (χ0) is 38.9. The summed E-state index contributed by atoms with van der Waals surface area (Å²) in [5, 5.41) is 0. The summed E-state index contributed by atoms with van der Waals surface area (Å²) in [4.78, 5) is 99.6. The van der Waals surface area contributed by atoms with E-state index in [1.54, 1.807) is 0 Å². The third-order valence-electron chi connectivity index (χ3n) is 9.34. The Kier molecular flexibility index (Phi) is 17.3. The average molecular weight is 731 g/mol. The van der Waals surface area contributed by atoms with Gasteiger partial charge in [0.2, 0.25) is 0 Å². The van der Waals surface area contributed by atoms with E-state index in [9.17, 15) is 38.4 Å². The number of hydrogen-bond acceptors (Lipinski definition) is 14. The summed E-state index contributed by atoms with van der Waals surface area (Å²) in [6, 6.07) is 0. The topological polar surface area (TPSA) is 192 Å². The Morgan fingerprint density at radius 1 is 0.481 bits per heavy atom. The summed E-state index contributed by atoms with van der Waals surface area (Å²) in [6.45, 7) is 13.7. The molecule has 0 aromatic heterocycles. The van der Waals surface area contributed by atoms with Crippen LogP contribution in [0.5, 0.6) is 0 Å². The van der Waals surface area contributed by atoms with Crippen molar-refractivity contribution in [3.05, 3.63) is 50.6 Å². The minimum atomic E-state index is -1.38. The third kappa shape index (κ3) is 13.3. The SMILES string of the molecule is C=CC(=O)OCC(COC(=O)C=C)(COC(=O)C1CCC(C(=O)OCC(COC(=O)C=C)(COC(=O)C=C)CC(C)=O)C2CCCCC12)CC(C)=O. The van der Waals surface area contributed by atoms with Crippen molar-refractivity contribution in [2.24, 2.45) is 34.5 Å². The van der Waals surface area contributed by atoms with Gasteiger partial charge < -0.3 is 38.0 Å². The maximum atomic E-state index is 13.7. The molecule has 4 atom stereocenters. The second-order valence-corrected chi connectivity index (χ2v) is 13.6. The predicted molar refractivity (Wildman–Crippen MR) is 184 cm³/mol. The van der Waals surface area contributed by atoms with Gasteiger partial charge in [-0.25, -0.2) is 19.2 Å². The molecule has 0 radical (unpaired) electrons. The molecule has 4 unspecified atom stereocenters. The second kappa shape index (κ2) is 20.8. The molecule has 2 rings (SSSR count). The van der Waals surface area contributed by atoms with E-state index in [1.807, 2.05) is 0 Å². The van der Waals surface area contributed by atoms with Crippen LogP contribution in [0.15, 0.2) is 50.6 Å². The first kappa shape index (κ1) is 43.3. The Morgan fingerprint density at radius 3 is 1.00 bits per heavy atom. The molecule has 14 nitrogen and oxygen atoms in total. The van der Waals surface area contributed by atoms with Crippen molar-refractivity contribution in [3.8, 4) is 0 Å². The summed E-state index contributed by atoms with van der Waals surface area (Å²) in [5.41, 5.74) is -2.75. The van der Waals surface area contributed by atoms with E-state index in [4.69, 9.17) is 28.4 Å². The number of hydrogen-bond donors (Lipinski definition) is 0. The van der Waals surface area contributed by atoms with Gasteiger partial charge in [0.25, 0.3) is 0 Å². The van der Waals surface area contributed by atoms with Gasteiger partial charge in [-0.15, -0.1) is 0 Å². The molecule has 2 aliphatic carbocycles. The highest BCUT2D eigenvalue weighted by molar-refractivity contribution is 5.83. The van der Waals surface area contributed by atoms with Crippen molar-refractivity contribution >= 4 is 47.4 Å². The van der Waals surface area contributed by atoms with Gasteiger partial charge in [0.1, 0.15) is 51.2 Å². The number of ether oxygens (including phenoxy) is 6. The Bertz CT molecular complexity index is 1240. The maximum absolute atomic E-state index is 13.7. The van der Waals surface area contributed by atoms with E-state index < -0.39 is 98.1 Å². The fourth-order valence-corrected chi connectivity index (χ4v) is 6.97. The molecule has 0 bridgehead atoms. The summed E-state index contributed by atoms with van der Waals surface area (Å²) >= 11 is 0. The Hall–Kier alpha value is -4.88. The molecule has 0 spiro atoms. The molecule has 0 heterocycles. The van der Waals surface area contributed by atoms with E-state index in [2.05, 4.69) is 26.3 Å². The highest BCUT2D eigenvalue weighted by Gasteiger charge is 2.48. The lowest BCUT2D eigenvalue weighted by Gasteiger charge is -2.44. The van der Waals surface area contributed by atoms with Crippen LogP contribution in [0.4, 0.5) is 0 Å². The summed E-state index contributed by atoms with van der Waals surface area (Å²) < 4.78 is 32.4. The van der Waals surface area contributed by atoms with Crippen molar-refractivity contribution in [1.82, 2.24) is 0 Å². The molecule has 0 aromatic rings. The monoisotopic (exact) mass is 730 g/mol. The number of Topliss-reactive ketones (excluding diaryl/α,β-unsaturated/α-hetero) is 2. The predicted octanol–water partition coefficient (Wildman–Crippen LogP) is 3.75. The fourth-order valence-electron chi connectivity index (χ4n) is 6.97. The fraction of sp³-hybridized carbons (Fsp3) is 0.579. The smallest absolute Gasteiger partial charge is 0.330 e. The summed E-state index contributed by atoms with van der Waals surface area (Å²) in [7, 11) is 0. The van der Waals surface area contributed by atoms with Gasteiger partial charge in [-0.05, 0) is 51.4 Å². The molecule has 0 aliphatic heterocycles. The molecule has 0 aromatic carbocycles. The molecular weight excluding hydrogens is 680 g/mol. The molecule has 0 saturated heterocycles. The zero-order valence-electron chi connectivity index (χ0n) is 30.1. The van der Waals surface area contributed by atoms with Crippen LogP contribution in [-0.4, -0.2) is 87.0 Å². The Labute approximate surface area is 303 Å². The molecule has 2 saturated carbocycles. The van der Waals surface area contributed by atoms with Gasteiger partial charge in [-0.2, -0.15) is 0 Å². The van der Waals surface area contributed by atoms with Crippen LogP contribution in [0, 0.1) is 34.5 Å².